The van der Waals surface area contributed by atoms with Gasteiger partial charge in [0.2, 0.25) is 0 Å². The van der Waals surface area contributed by atoms with E-state index in [1.807, 2.05) is 0 Å². The van der Waals surface area contributed by atoms with Crippen LogP contribution in [0.1, 0.15) is 72.1 Å². The van der Waals surface area contributed by atoms with Crippen LogP contribution in [0, 0.1) is 34.5 Å². The van der Waals surface area contributed by atoms with E-state index in [-0.39, 0.29) is 46.6 Å². The average molecular weight is 551 g/mol. The molecule has 1 unspecified atom stereocenters. The maximum absolute atomic E-state index is 12.4. The number of rotatable bonds is 4. The lowest BCUT2D eigenvalue weighted by Crippen LogP contribution is -2.65. The van der Waals surface area contributed by atoms with Gasteiger partial charge < -0.3 is 39.4 Å². The normalized spacial score (nSPS) is 55.3. The van der Waals surface area contributed by atoms with Gasteiger partial charge in [0.15, 0.2) is 6.29 Å². The molecule has 9 heteroatoms. The van der Waals surface area contributed by atoms with Gasteiger partial charge in [-0.25, -0.2) is 4.79 Å². The third kappa shape index (κ3) is 4.02. The summed E-state index contributed by atoms with van der Waals surface area (Å²) < 4.78 is 22.6. The van der Waals surface area contributed by atoms with Gasteiger partial charge in [-0.2, -0.15) is 0 Å². The molecule has 9 nitrogen and oxygen atoms in total. The Labute approximate surface area is 230 Å². The molecule has 6 rings (SSSR count). The Morgan fingerprint density at radius 1 is 1.00 bits per heavy atom. The zero-order valence-corrected chi connectivity index (χ0v) is 23.6. The van der Waals surface area contributed by atoms with Crippen LogP contribution in [0.4, 0.5) is 0 Å². The van der Waals surface area contributed by atoms with E-state index in [9.17, 15) is 25.2 Å². The first-order valence-corrected chi connectivity index (χ1v) is 14.9. The van der Waals surface area contributed by atoms with Crippen molar-refractivity contribution in [1.29, 1.82) is 0 Å². The van der Waals surface area contributed by atoms with Crippen molar-refractivity contribution < 1.29 is 44.2 Å². The highest BCUT2D eigenvalue weighted by Gasteiger charge is 2.69. The second kappa shape index (κ2) is 9.75. The van der Waals surface area contributed by atoms with Gasteiger partial charge in [-0.15, -0.1) is 0 Å². The monoisotopic (exact) mass is 550 g/mol. The SMILES string of the molecule is CO[C@@H]1[C@@H](O)[C@H](C)O[C@H](O[C@@H]2CC3CC[C@@H]4[C@H](CC[C@]5(C)[C@@H](C6=CC(=O)OC6)CC[C@]45O)[C@@]3(C)[C@H](O)C2)[C@@H]1O. The summed E-state index contributed by atoms with van der Waals surface area (Å²) in [7, 11) is 1.45. The van der Waals surface area contributed by atoms with Crippen molar-refractivity contribution in [1.82, 2.24) is 0 Å². The minimum Gasteiger partial charge on any atom is -0.458 e. The Balaban J connectivity index is 1.19. The molecule has 0 amide bonds. The molecule has 220 valence electrons. The summed E-state index contributed by atoms with van der Waals surface area (Å²) in [6.07, 6.45) is 2.74. The number of carbonyl (C=O) groups is 1. The molecule has 0 aromatic heterocycles. The standard InChI is InChI=1S/C30H46O9/c1-15-24(33)26(36-4)25(34)27(38-15)39-18-12-17-5-6-21-20(29(17,3)22(31)13-18)7-9-28(2)19(8-10-30(21,28)35)16-11-23(32)37-14-16/h11,15,17-22,24-27,31,33-35H,5-10,12-14H2,1-4H3/t15-,17?,18+,19+,20-,21+,22+,24-,25+,26+,27+,28+,29-,30-/m0/s1. The van der Waals surface area contributed by atoms with Gasteiger partial charge in [-0.05, 0) is 86.5 Å². The fourth-order valence-corrected chi connectivity index (χ4v) is 10.1. The molecule has 4 saturated carbocycles. The number of methoxy groups -OCH3 is 1. The minimum absolute atomic E-state index is 0.0986. The number of aliphatic hydroxyl groups excluding tert-OH is 3. The van der Waals surface area contributed by atoms with Crippen LogP contribution in [0.2, 0.25) is 0 Å². The largest absolute Gasteiger partial charge is 0.458 e. The number of fused-ring (bicyclic) bond motifs is 5. The predicted octanol–water partition coefficient (Wildman–Crippen LogP) is 2.08. The topological polar surface area (TPSA) is 135 Å². The zero-order valence-electron chi connectivity index (χ0n) is 23.6. The molecule has 0 bridgehead atoms. The van der Waals surface area contributed by atoms with E-state index < -0.39 is 42.4 Å². The smallest absolute Gasteiger partial charge is 0.331 e. The highest BCUT2D eigenvalue weighted by molar-refractivity contribution is 5.85. The number of hydrogen-bond acceptors (Lipinski definition) is 9. The second-order valence-electron chi connectivity index (χ2n) is 13.8. The van der Waals surface area contributed by atoms with Crippen molar-refractivity contribution in [3.63, 3.8) is 0 Å². The summed E-state index contributed by atoms with van der Waals surface area (Å²) in [4.78, 5) is 11.8. The van der Waals surface area contributed by atoms with E-state index in [2.05, 4.69) is 13.8 Å². The third-order valence-electron chi connectivity index (χ3n) is 12.4. The minimum atomic E-state index is -1.13. The Morgan fingerprint density at radius 3 is 2.46 bits per heavy atom. The average Bonchev–Trinajstić information content (AvgIpc) is 3.43. The summed E-state index contributed by atoms with van der Waals surface area (Å²) in [6.45, 7) is 6.49. The van der Waals surface area contributed by atoms with Gasteiger partial charge in [0.1, 0.15) is 24.9 Å². The van der Waals surface area contributed by atoms with Crippen molar-refractivity contribution in [2.24, 2.45) is 34.5 Å². The number of ether oxygens (including phenoxy) is 4. The lowest BCUT2D eigenvalue weighted by atomic mass is 9.42. The van der Waals surface area contributed by atoms with Crippen LogP contribution in [-0.4, -0.2) is 88.6 Å². The van der Waals surface area contributed by atoms with Crippen LogP contribution < -0.4 is 0 Å². The number of cyclic esters (lactones) is 1. The van der Waals surface area contributed by atoms with Crippen molar-refractivity contribution in [3.05, 3.63) is 11.6 Å². The molecule has 0 spiro atoms. The highest BCUT2D eigenvalue weighted by atomic mass is 16.7. The van der Waals surface area contributed by atoms with Crippen LogP contribution in [0.3, 0.4) is 0 Å². The number of carbonyl (C=O) groups excluding carboxylic acids is 1. The van der Waals surface area contributed by atoms with E-state index in [4.69, 9.17) is 18.9 Å². The van der Waals surface area contributed by atoms with E-state index in [1.165, 1.54) is 7.11 Å². The van der Waals surface area contributed by atoms with E-state index in [0.717, 1.165) is 44.1 Å². The molecule has 4 aliphatic carbocycles. The lowest BCUT2D eigenvalue weighted by molar-refractivity contribution is -0.317. The Bertz CT molecular complexity index is 1000. The van der Waals surface area contributed by atoms with Gasteiger partial charge >= 0.3 is 5.97 Å². The first kappa shape index (κ1) is 28.1. The van der Waals surface area contributed by atoms with Gasteiger partial charge in [-0.3, -0.25) is 0 Å². The molecule has 6 aliphatic rings. The van der Waals surface area contributed by atoms with Gasteiger partial charge in [0.25, 0.3) is 0 Å². The molecule has 39 heavy (non-hydrogen) atoms. The summed E-state index contributed by atoms with van der Waals surface area (Å²) in [6, 6.07) is 0. The molecule has 5 fully saturated rings. The first-order valence-electron chi connectivity index (χ1n) is 14.9. The lowest BCUT2D eigenvalue weighted by Gasteiger charge is -2.64. The maximum Gasteiger partial charge on any atom is 0.331 e. The van der Waals surface area contributed by atoms with E-state index in [1.54, 1.807) is 13.0 Å². The quantitative estimate of drug-likeness (QED) is 0.307. The van der Waals surface area contributed by atoms with Crippen molar-refractivity contribution in [3.8, 4) is 0 Å². The molecule has 14 atom stereocenters. The van der Waals surface area contributed by atoms with Crippen molar-refractivity contribution >= 4 is 5.97 Å². The molecular weight excluding hydrogens is 504 g/mol. The van der Waals surface area contributed by atoms with Crippen LogP contribution in [0.15, 0.2) is 11.6 Å². The van der Waals surface area contributed by atoms with Crippen molar-refractivity contribution in [2.75, 3.05) is 13.7 Å². The Hall–Kier alpha value is -1.07. The summed E-state index contributed by atoms with van der Waals surface area (Å²) >= 11 is 0. The van der Waals surface area contributed by atoms with Crippen LogP contribution in [0.25, 0.3) is 0 Å². The third-order valence-corrected chi connectivity index (χ3v) is 12.4. The van der Waals surface area contributed by atoms with Crippen LogP contribution in [-0.2, 0) is 23.7 Å². The second-order valence-corrected chi connectivity index (χ2v) is 13.8. The molecule has 2 aliphatic heterocycles. The molecule has 2 heterocycles. The first-order chi connectivity index (χ1) is 18.4. The predicted molar refractivity (Wildman–Crippen MR) is 139 cm³/mol. The van der Waals surface area contributed by atoms with Crippen LogP contribution >= 0.6 is 0 Å². The number of aliphatic hydroxyl groups is 4. The van der Waals surface area contributed by atoms with Gasteiger partial charge in [0, 0.05) is 25.0 Å². The molecule has 0 aromatic carbocycles. The van der Waals surface area contributed by atoms with Crippen molar-refractivity contribution in [2.45, 2.75) is 121 Å². The highest BCUT2D eigenvalue weighted by Crippen LogP contribution is 2.70. The van der Waals surface area contributed by atoms with E-state index in [0.29, 0.717) is 19.4 Å². The summed E-state index contributed by atoms with van der Waals surface area (Å²) in [5, 5.41) is 45.2. The fourth-order valence-electron chi connectivity index (χ4n) is 10.1. The Morgan fingerprint density at radius 2 is 1.77 bits per heavy atom. The fraction of sp³-hybridized carbons (Fsp3) is 0.900. The molecule has 0 aromatic rings. The summed E-state index contributed by atoms with van der Waals surface area (Å²) in [5.74, 6) is 0.393. The summed E-state index contributed by atoms with van der Waals surface area (Å²) in [5.41, 5.74) is -0.455. The number of hydrogen-bond donors (Lipinski definition) is 4. The maximum atomic E-state index is 12.4. The number of esters is 1. The van der Waals surface area contributed by atoms with E-state index >= 15 is 0 Å². The molecule has 1 saturated heterocycles. The molecular formula is C30H46O9. The van der Waals surface area contributed by atoms with Gasteiger partial charge in [-0.1, -0.05) is 13.8 Å². The van der Waals surface area contributed by atoms with Crippen LogP contribution in [0.5, 0.6) is 0 Å². The molecule has 4 N–H and O–H groups in total. The Kier molecular flexibility index (Phi) is 7.02. The zero-order chi connectivity index (χ0) is 27.9. The molecule has 0 radical (unpaired) electrons. The van der Waals surface area contributed by atoms with Gasteiger partial charge in [0.05, 0.1) is 23.9 Å².